The van der Waals surface area contributed by atoms with Gasteiger partial charge < -0.3 is 11.1 Å². The van der Waals surface area contributed by atoms with Crippen molar-refractivity contribution in [2.45, 2.75) is 46.0 Å². The number of nitrogens with one attached hydrogen (secondary N) is 1. The highest BCUT2D eigenvalue weighted by Gasteiger charge is 2.24. The lowest BCUT2D eigenvalue weighted by atomic mass is 9.79. The molecule has 0 saturated carbocycles. The van der Waals surface area contributed by atoms with Crippen LogP contribution in [0.25, 0.3) is 0 Å². The van der Waals surface area contributed by atoms with Crippen molar-refractivity contribution in [1.82, 2.24) is 0 Å². The molecule has 0 saturated heterocycles. The maximum Gasteiger partial charge on any atom is 0.164 e. The van der Waals surface area contributed by atoms with Crippen LogP contribution in [0.15, 0.2) is 36.9 Å². The minimum absolute atomic E-state index is 0.100. The molecule has 0 unspecified atom stereocenters. The molecule has 0 radical (unpaired) electrons. The number of anilines is 1. The zero-order valence-corrected chi connectivity index (χ0v) is 14.0. The van der Waals surface area contributed by atoms with Crippen molar-refractivity contribution in [3.05, 3.63) is 42.5 Å². The molecule has 0 aliphatic heterocycles. The standard InChI is InChI=1S/C19H30N2O/c1-4-11-19(6-3,12-5-2)15-21-17-9-7-8-16(14-17)18(22)10-13-20/h6-9,14,21H,3-5,10-13,15,20H2,1-2H3. The number of hydrogen-bond acceptors (Lipinski definition) is 3. The average molecular weight is 302 g/mol. The Morgan fingerprint density at radius 3 is 2.55 bits per heavy atom. The molecule has 0 bridgehead atoms. The summed E-state index contributed by atoms with van der Waals surface area (Å²) in [6.45, 7) is 9.71. The zero-order chi connectivity index (χ0) is 16.4. The van der Waals surface area contributed by atoms with Crippen LogP contribution in [0.1, 0.15) is 56.3 Å². The van der Waals surface area contributed by atoms with Crippen LogP contribution < -0.4 is 11.1 Å². The highest BCUT2D eigenvalue weighted by atomic mass is 16.1. The summed E-state index contributed by atoms with van der Waals surface area (Å²) in [4.78, 5) is 11.9. The monoisotopic (exact) mass is 302 g/mol. The number of rotatable bonds is 11. The Kier molecular flexibility index (Phi) is 7.89. The second kappa shape index (κ2) is 9.42. The van der Waals surface area contributed by atoms with E-state index in [0.717, 1.165) is 43.5 Å². The summed E-state index contributed by atoms with van der Waals surface area (Å²) >= 11 is 0. The van der Waals surface area contributed by atoms with E-state index in [2.05, 4.69) is 31.8 Å². The molecule has 3 heteroatoms. The summed E-state index contributed by atoms with van der Waals surface area (Å²) in [5.41, 5.74) is 7.30. The lowest BCUT2D eigenvalue weighted by Gasteiger charge is -2.31. The number of nitrogens with two attached hydrogens (primary N) is 1. The van der Waals surface area contributed by atoms with Crippen molar-refractivity contribution in [3.63, 3.8) is 0 Å². The highest BCUT2D eigenvalue weighted by Crippen LogP contribution is 2.31. The first-order valence-electron chi connectivity index (χ1n) is 8.31. The predicted molar refractivity (Wildman–Crippen MR) is 95.4 cm³/mol. The Labute approximate surface area is 135 Å². The lowest BCUT2D eigenvalue weighted by Crippen LogP contribution is -2.27. The van der Waals surface area contributed by atoms with Gasteiger partial charge in [-0.3, -0.25) is 4.79 Å². The van der Waals surface area contributed by atoms with E-state index in [4.69, 9.17) is 5.73 Å². The van der Waals surface area contributed by atoms with Gasteiger partial charge in [0.2, 0.25) is 0 Å². The van der Waals surface area contributed by atoms with Crippen LogP contribution in [0, 0.1) is 5.41 Å². The summed E-state index contributed by atoms with van der Waals surface area (Å²) in [6.07, 6.45) is 7.03. The van der Waals surface area contributed by atoms with Crippen LogP contribution in [0.4, 0.5) is 5.69 Å². The first kappa shape index (κ1) is 18.4. The molecule has 1 aromatic rings. The van der Waals surface area contributed by atoms with Gasteiger partial charge in [-0.05, 0) is 31.5 Å². The largest absolute Gasteiger partial charge is 0.384 e. The molecule has 0 spiro atoms. The van der Waals surface area contributed by atoms with Crippen molar-refractivity contribution in [2.24, 2.45) is 11.1 Å². The fourth-order valence-corrected chi connectivity index (χ4v) is 2.93. The van der Waals surface area contributed by atoms with Crippen LogP contribution in [0.2, 0.25) is 0 Å². The molecule has 0 aliphatic carbocycles. The molecule has 0 atom stereocenters. The molecule has 1 rings (SSSR count). The SMILES string of the molecule is C=CC(CCC)(CCC)CNc1cccc(C(=O)CCN)c1. The van der Waals surface area contributed by atoms with Crippen LogP contribution in [0.3, 0.4) is 0 Å². The molecular weight excluding hydrogens is 272 g/mol. The quantitative estimate of drug-likeness (QED) is 0.470. The number of ketones is 1. The summed E-state index contributed by atoms with van der Waals surface area (Å²) in [5.74, 6) is 0.100. The second-order valence-electron chi connectivity index (χ2n) is 5.96. The summed E-state index contributed by atoms with van der Waals surface area (Å²) in [7, 11) is 0. The van der Waals surface area contributed by atoms with Crippen molar-refractivity contribution >= 4 is 11.5 Å². The second-order valence-corrected chi connectivity index (χ2v) is 5.96. The van der Waals surface area contributed by atoms with E-state index in [0.29, 0.717) is 13.0 Å². The maximum atomic E-state index is 11.9. The maximum absolute atomic E-state index is 11.9. The Balaban J connectivity index is 2.79. The lowest BCUT2D eigenvalue weighted by molar-refractivity contribution is 0.0985. The molecule has 0 aromatic heterocycles. The van der Waals surface area contributed by atoms with Crippen LogP contribution >= 0.6 is 0 Å². The molecule has 1 aromatic carbocycles. The van der Waals surface area contributed by atoms with Crippen molar-refractivity contribution in [3.8, 4) is 0 Å². The number of Topliss-reactive ketones (excluding diaryl/α,β-unsaturated/α-hetero) is 1. The van der Waals surface area contributed by atoms with Crippen LogP contribution in [-0.2, 0) is 0 Å². The van der Waals surface area contributed by atoms with E-state index >= 15 is 0 Å². The number of carbonyl (C=O) groups excluding carboxylic acids is 1. The average Bonchev–Trinajstić information content (AvgIpc) is 2.53. The van der Waals surface area contributed by atoms with Gasteiger partial charge >= 0.3 is 0 Å². The summed E-state index contributed by atoms with van der Waals surface area (Å²) < 4.78 is 0. The molecule has 22 heavy (non-hydrogen) atoms. The van der Waals surface area contributed by atoms with Gasteiger partial charge in [-0.25, -0.2) is 0 Å². The predicted octanol–water partition coefficient (Wildman–Crippen LogP) is 4.40. The Bertz CT molecular complexity index is 476. The molecule has 0 fully saturated rings. The van der Waals surface area contributed by atoms with Crippen LogP contribution in [0.5, 0.6) is 0 Å². The van der Waals surface area contributed by atoms with Gasteiger partial charge in [-0.2, -0.15) is 0 Å². The van der Waals surface area contributed by atoms with E-state index < -0.39 is 0 Å². The zero-order valence-electron chi connectivity index (χ0n) is 14.0. The van der Waals surface area contributed by atoms with Gasteiger partial charge in [-0.1, -0.05) is 44.9 Å². The smallest absolute Gasteiger partial charge is 0.164 e. The topological polar surface area (TPSA) is 55.1 Å². The number of hydrogen-bond donors (Lipinski definition) is 2. The van der Waals surface area contributed by atoms with Crippen molar-refractivity contribution < 1.29 is 4.79 Å². The first-order valence-corrected chi connectivity index (χ1v) is 8.31. The van der Waals surface area contributed by atoms with E-state index in [1.54, 1.807) is 0 Å². The van der Waals surface area contributed by atoms with Gasteiger partial charge in [0.25, 0.3) is 0 Å². The summed E-state index contributed by atoms with van der Waals surface area (Å²) in [5, 5.41) is 3.49. The van der Waals surface area contributed by atoms with E-state index in [9.17, 15) is 4.79 Å². The Morgan fingerprint density at radius 1 is 1.32 bits per heavy atom. The molecule has 0 heterocycles. The third-order valence-corrected chi connectivity index (χ3v) is 4.13. The van der Waals surface area contributed by atoms with Gasteiger partial charge in [0.15, 0.2) is 5.78 Å². The van der Waals surface area contributed by atoms with Gasteiger partial charge in [0.05, 0.1) is 0 Å². The molecule has 0 amide bonds. The van der Waals surface area contributed by atoms with Crippen molar-refractivity contribution in [2.75, 3.05) is 18.4 Å². The third kappa shape index (κ3) is 5.30. The van der Waals surface area contributed by atoms with Gasteiger partial charge in [0.1, 0.15) is 0 Å². The normalized spacial score (nSPS) is 11.2. The number of benzene rings is 1. The van der Waals surface area contributed by atoms with E-state index in [1.165, 1.54) is 0 Å². The molecule has 3 N–H and O–H groups in total. The van der Waals surface area contributed by atoms with Crippen LogP contribution in [-0.4, -0.2) is 18.9 Å². The fourth-order valence-electron chi connectivity index (χ4n) is 2.93. The minimum Gasteiger partial charge on any atom is -0.384 e. The number of carbonyl (C=O) groups is 1. The summed E-state index contributed by atoms with van der Waals surface area (Å²) in [6, 6.07) is 7.69. The Morgan fingerprint density at radius 2 is 2.00 bits per heavy atom. The van der Waals surface area contributed by atoms with Crippen molar-refractivity contribution in [1.29, 1.82) is 0 Å². The fraction of sp³-hybridized carbons (Fsp3) is 0.526. The highest BCUT2D eigenvalue weighted by molar-refractivity contribution is 5.97. The molecule has 3 nitrogen and oxygen atoms in total. The van der Waals surface area contributed by atoms with Gasteiger partial charge in [0, 0.05) is 29.6 Å². The minimum atomic E-state index is 0.100. The first-order chi connectivity index (χ1) is 10.6. The van der Waals surface area contributed by atoms with Gasteiger partial charge in [-0.15, -0.1) is 6.58 Å². The molecule has 0 aliphatic rings. The molecule has 122 valence electrons. The Hall–Kier alpha value is -1.61. The molecular formula is C19H30N2O. The van der Waals surface area contributed by atoms with E-state index in [-0.39, 0.29) is 11.2 Å². The third-order valence-electron chi connectivity index (χ3n) is 4.13. The van der Waals surface area contributed by atoms with E-state index in [1.807, 2.05) is 24.3 Å².